The normalized spacial score (nSPS) is 20.2. The summed E-state index contributed by atoms with van der Waals surface area (Å²) in [6, 6.07) is 7.71. The van der Waals surface area contributed by atoms with Gasteiger partial charge in [0.2, 0.25) is 0 Å². The first kappa shape index (κ1) is 16.9. The number of nitrogens with one attached hydrogen (secondary N) is 1. The fraction of sp³-hybridized carbons (Fsp3) is 0.625. The highest BCUT2D eigenvalue weighted by atomic mass is 19.4. The van der Waals surface area contributed by atoms with Crippen LogP contribution in [0.15, 0.2) is 24.3 Å². The number of hydrogen-bond donors (Lipinski definition) is 1. The van der Waals surface area contributed by atoms with E-state index in [1.54, 1.807) is 7.11 Å². The molecule has 1 aliphatic heterocycles. The zero-order valence-corrected chi connectivity index (χ0v) is 13.0. The molecule has 2 rings (SSSR count). The summed E-state index contributed by atoms with van der Waals surface area (Å²) in [5, 5.41) is 2.56. The zero-order valence-electron chi connectivity index (χ0n) is 13.0. The topological polar surface area (TPSA) is 24.5 Å². The molecular formula is C16H23F3N2O. The highest BCUT2D eigenvalue weighted by Crippen LogP contribution is 2.33. The van der Waals surface area contributed by atoms with E-state index in [-0.39, 0.29) is 6.04 Å². The van der Waals surface area contributed by atoms with Crippen LogP contribution >= 0.6 is 0 Å². The summed E-state index contributed by atoms with van der Waals surface area (Å²) in [6.45, 7) is 2.67. The Balaban J connectivity index is 1.85. The van der Waals surface area contributed by atoms with Crippen LogP contribution in [0.4, 0.5) is 18.9 Å². The number of methoxy groups -OCH3 is 1. The van der Waals surface area contributed by atoms with E-state index in [4.69, 9.17) is 4.74 Å². The molecular weight excluding hydrogens is 293 g/mol. The van der Waals surface area contributed by atoms with Crippen molar-refractivity contribution in [2.45, 2.75) is 32.0 Å². The molecule has 1 fully saturated rings. The molecule has 0 aliphatic carbocycles. The standard InChI is InChI=1S/C16H23F3N2O/c1-12(20-11-16(17,18)19)9-13-7-8-21(10-13)14-5-3-4-6-15(14)22-2/h3-6,12-13,20H,7-11H2,1-2H3. The Morgan fingerprint density at radius 1 is 1.36 bits per heavy atom. The number of ether oxygens (including phenoxy) is 1. The number of para-hydroxylation sites is 2. The predicted molar refractivity (Wildman–Crippen MR) is 81.5 cm³/mol. The maximum atomic E-state index is 12.2. The minimum Gasteiger partial charge on any atom is -0.495 e. The number of alkyl halides is 3. The van der Waals surface area contributed by atoms with Gasteiger partial charge in [-0.15, -0.1) is 0 Å². The van der Waals surface area contributed by atoms with E-state index in [9.17, 15) is 13.2 Å². The number of rotatable bonds is 6. The van der Waals surface area contributed by atoms with Crippen LogP contribution in [-0.4, -0.2) is 39.0 Å². The lowest BCUT2D eigenvalue weighted by molar-refractivity contribution is -0.126. The van der Waals surface area contributed by atoms with E-state index in [1.807, 2.05) is 31.2 Å². The molecule has 1 heterocycles. The Kier molecular flexibility index (Phi) is 5.56. The van der Waals surface area contributed by atoms with Gasteiger partial charge in [0, 0.05) is 19.1 Å². The van der Waals surface area contributed by atoms with Gasteiger partial charge in [0.05, 0.1) is 19.3 Å². The molecule has 0 aromatic heterocycles. The minimum absolute atomic E-state index is 0.135. The van der Waals surface area contributed by atoms with Crippen LogP contribution in [0.2, 0.25) is 0 Å². The lowest BCUT2D eigenvalue weighted by Crippen LogP contribution is -2.36. The first-order valence-electron chi connectivity index (χ1n) is 7.57. The molecule has 124 valence electrons. The van der Waals surface area contributed by atoms with Crippen molar-refractivity contribution >= 4 is 5.69 Å². The van der Waals surface area contributed by atoms with Gasteiger partial charge in [-0.05, 0) is 37.8 Å². The van der Waals surface area contributed by atoms with Crippen molar-refractivity contribution in [3.05, 3.63) is 24.3 Å². The van der Waals surface area contributed by atoms with Gasteiger partial charge in [-0.25, -0.2) is 0 Å². The van der Waals surface area contributed by atoms with E-state index in [0.29, 0.717) is 5.92 Å². The summed E-state index contributed by atoms with van der Waals surface area (Å²) in [4.78, 5) is 2.25. The lowest BCUT2D eigenvalue weighted by Gasteiger charge is -2.22. The summed E-state index contributed by atoms with van der Waals surface area (Å²) in [5.41, 5.74) is 1.06. The van der Waals surface area contributed by atoms with Gasteiger partial charge in [-0.1, -0.05) is 12.1 Å². The van der Waals surface area contributed by atoms with E-state index in [1.165, 1.54) is 0 Å². The largest absolute Gasteiger partial charge is 0.495 e. The highest BCUT2D eigenvalue weighted by Gasteiger charge is 2.29. The molecule has 1 aromatic carbocycles. The third-order valence-electron chi connectivity index (χ3n) is 4.05. The molecule has 0 amide bonds. The fourth-order valence-electron chi connectivity index (χ4n) is 3.01. The molecule has 22 heavy (non-hydrogen) atoms. The van der Waals surface area contributed by atoms with Crippen LogP contribution in [0.3, 0.4) is 0 Å². The molecule has 3 nitrogen and oxygen atoms in total. The van der Waals surface area contributed by atoms with E-state index < -0.39 is 12.7 Å². The zero-order chi connectivity index (χ0) is 16.2. The Bertz CT molecular complexity index is 479. The molecule has 0 saturated carbocycles. The summed E-state index contributed by atoms with van der Waals surface area (Å²) in [5.74, 6) is 1.24. The monoisotopic (exact) mass is 316 g/mol. The summed E-state index contributed by atoms with van der Waals surface area (Å²) < 4.78 is 42.0. The number of anilines is 1. The Morgan fingerprint density at radius 3 is 2.77 bits per heavy atom. The van der Waals surface area contributed by atoms with Gasteiger partial charge in [-0.2, -0.15) is 13.2 Å². The molecule has 2 atom stereocenters. The number of nitrogens with zero attached hydrogens (tertiary/aromatic N) is 1. The average Bonchev–Trinajstić information content (AvgIpc) is 2.92. The van der Waals surface area contributed by atoms with Crippen molar-refractivity contribution in [3.8, 4) is 5.75 Å². The van der Waals surface area contributed by atoms with E-state index >= 15 is 0 Å². The van der Waals surface area contributed by atoms with Crippen molar-refractivity contribution in [2.24, 2.45) is 5.92 Å². The van der Waals surface area contributed by atoms with Crippen molar-refractivity contribution < 1.29 is 17.9 Å². The number of hydrogen-bond acceptors (Lipinski definition) is 3. The van der Waals surface area contributed by atoms with E-state index in [2.05, 4.69) is 10.2 Å². The smallest absolute Gasteiger partial charge is 0.401 e. The molecule has 1 aromatic rings. The second-order valence-electron chi connectivity index (χ2n) is 5.91. The van der Waals surface area contributed by atoms with Crippen molar-refractivity contribution in [1.82, 2.24) is 5.32 Å². The molecule has 6 heteroatoms. The highest BCUT2D eigenvalue weighted by molar-refractivity contribution is 5.58. The Morgan fingerprint density at radius 2 is 2.09 bits per heavy atom. The second-order valence-corrected chi connectivity index (χ2v) is 5.91. The predicted octanol–water partition coefficient (Wildman–Crippen LogP) is 3.45. The molecule has 0 radical (unpaired) electrons. The number of halogens is 3. The molecule has 0 spiro atoms. The number of benzene rings is 1. The SMILES string of the molecule is COc1ccccc1N1CCC(CC(C)NCC(F)(F)F)C1. The van der Waals surface area contributed by atoms with Crippen LogP contribution in [-0.2, 0) is 0 Å². The third kappa shape index (κ3) is 4.80. The molecule has 0 bridgehead atoms. The van der Waals surface area contributed by atoms with Gasteiger partial charge in [0.15, 0.2) is 0 Å². The first-order valence-corrected chi connectivity index (χ1v) is 7.57. The maximum absolute atomic E-state index is 12.2. The molecule has 1 N–H and O–H groups in total. The van der Waals surface area contributed by atoms with Gasteiger partial charge in [0.1, 0.15) is 5.75 Å². The van der Waals surface area contributed by atoms with E-state index in [0.717, 1.165) is 37.4 Å². The Labute approximate surface area is 129 Å². The third-order valence-corrected chi connectivity index (χ3v) is 4.05. The van der Waals surface area contributed by atoms with Crippen molar-refractivity contribution in [2.75, 3.05) is 31.6 Å². The van der Waals surface area contributed by atoms with Gasteiger partial charge in [0.25, 0.3) is 0 Å². The summed E-state index contributed by atoms with van der Waals surface area (Å²) in [7, 11) is 1.65. The molecule has 1 aliphatic rings. The Hall–Kier alpha value is -1.43. The average molecular weight is 316 g/mol. The van der Waals surface area contributed by atoms with Gasteiger partial charge < -0.3 is 15.0 Å². The van der Waals surface area contributed by atoms with Crippen LogP contribution in [0, 0.1) is 5.92 Å². The maximum Gasteiger partial charge on any atom is 0.401 e. The van der Waals surface area contributed by atoms with Crippen LogP contribution in [0.5, 0.6) is 5.75 Å². The minimum atomic E-state index is -4.15. The first-order chi connectivity index (χ1) is 10.4. The summed E-state index contributed by atoms with van der Waals surface area (Å²) >= 11 is 0. The van der Waals surface area contributed by atoms with Crippen molar-refractivity contribution in [1.29, 1.82) is 0 Å². The molecule has 2 unspecified atom stereocenters. The fourth-order valence-corrected chi connectivity index (χ4v) is 3.01. The molecule has 1 saturated heterocycles. The van der Waals surface area contributed by atoms with Crippen LogP contribution in [0.1, 0.15) is 19.8 Å². The van der Waals surface area contributed by atoms with Crippen molar-refractivity contribution in [3.63, 3.8) is 0 Å². The van der Waals surface area contributed by atoms with Gasteiger partial charge in [-0.3, -0.25) is 0 Å². The lowest BCUT2D eigenvalue weighted by atomic mass is 10.00. The summed E-state index contributed by atoms with van der Waals surface area (Å²) in [6.07, 6.45) is -2.40. The van der Waals surface area contributed by atoms with Crippen LogP contribution in [0.25, 0.3) is 0 Å². The van der Waals surface area contributed by atoms with Crippen LogP contribution < -0.4 is 15.0 Å². The quantitative estimate of drug-likeness (QED) is 0.870. The second kappa shape index (κ2) is 7.22. The van der Waals surface area contributed by atoms with Gasteiger partial charge >= 0.3 is 6.18 Å².